The molecule has 2 heterocycles. The number of rotatable bonds is 8. The van der Waals surface area contributed by atoms with E-state index in [0.29, 0.717) is 34.4 Å². The van der Waals surface area contributed by atoms with E-state index in [1.54, 1.807) is 36.5 Å². The van der Waals surface area contributed by atoms with Gasteiger partial charge in [-0.2, -0.15) is 0 Å². The predicted molar refractivity (Wildman–Crippen MR) is 132 cm³/mol. The second-order valence-electron chi connectivity index (χ2n) is 8.37. The smallest absolute Gasteiger partial charge is 0.262 e. The zero-order chi connectivity index (χ0) is 24.1. The fourth-order valence-corrected chi connectivity index (χ4v) is 3.58. The normalized spacial score (nSPS) is 10.9. The van der Waals surface area contributed by atoms with Crippen LogP contribution in [-0.4, -0.2) is 21.9 Å². The summed E-state index contributed by atoms with van der Waals surface area (Å²) in [4.78, 5) is 29.3. The van der Waals surface area contributed by atoms with Crippen molar-refractivity contribution in [2.45, 2.75) is 33.3 Å². The summed E-state index contributed by atoms with van der Waals surface area (Å²) in [5.74, 6) is 1.29. The van der Waals surface area contributed by atoms with Crippen molar-refractivity contribution >= 4 is 17.2 Å². The molecule has 0 saturated heterocycles. The van der Waals surface area contributed by atoms with E-state index in [2.05, 4.69) is 24.1 Å². The van der Waals surface area contributed by atoms with Crippen LogP contribution in [0.15, 0.2) is 77.7 Å². The van der Waals surface area contributed by atoms with Gasteiger partial charge in [0.2, 0.25) is 0 Å². The van der Waals surface area contributed by atoms with Crippen molar-refractivity contribution in [3.8, 4) is 11.5 Å². The summed E-state index contributed by atoms with van der Waals surface area (Å²) in [5.41, 5.74) is 3.56. The van der Waals surface area contributed by atoms with Crippen LogP contribution in [-0.2, 0) is 11.4 Å². The number of aryl methyl sites for hydroxylation is 1. The highest BCUT2D eigenvalue weighted by molar-refractivity contribution is 5.92. The van der Waals surface area contributed by atoms with Gasteiger partial charge >= 0.3 is 0 Å². The fourth-order valence-electron chi connectivity index (χ4n) is 3.58. The van der Waals surface area contributed by atoms with Crippen molar-refractivity contribution < 1.29 is 14.3 Å². The summed E-state index contributed by atoms with van der Waals surface area (Å²) in [5, 5.41) is 2.83. The van der Waals surface area contributed by atoms with Crippen molar-refractivity contribution in [3.05, 3.63) is 100 Å². The molecule has 34 heavy (non-hydrogen) atoms. The number of anilines is 1. The minimum atomic E-state index is -0.268. The van der Waals surface area contributed by atoms with E-state index >= 15 is 0 Å². The Bertz CT molecular complexity index is 1380. The SMILES string of the molecule is Cc1ccc2nc(COc3cccc(NC(=O)COc4ccccc4C(C)C)c3)cc(=O)n2c1. The van der Waals surface area contributed by atoms with Crippen LogP contribution in [0.25, 0.3) is 5.65 Å². The molecule has 1 amide bonds. The Morgan fingerprint density at radius 2 is 1.85 bits per heavy atom. The highest BCUT2D eigenvalue weighted by Crippen LogP contribution is 2.26. The van der Waals surface area contributed by atoms with Crippen molar-refractivity contribution in [2.24, 2.45) is 0 Å². The minimum absolute atomic E-state index is 0.0980. The Kier molecular flexibility index (Phi) is 6.92. The molecule has 0 aliphatic heterocycles. The molecule has 0 fully saturated rings. The number of nitrogens with one attached hydrogen (secondary N) is 1. The number of pyridine rings is 1. The summed E-state index contributed by atoms with van der Waals surface area (Å²) in [6.07, 6.45) is 1.76. The highest BCUT2D eigenvalue weighted by atomic mass is 16.5. The average Bonchev–Trinajstić information content (AvgIpc) is 2.82. The number of hydrogen-bond donors (Lipinski definition) is 1. The Labute approximate surface area is 198 Å². The van der Waals surface area contributed by atoms with Crippen molar-refractivity contribution in [1.29, 1.82) is 0 Å². The van der Waals surface area contributed by atoms with Gasteiger partial charge in [-0.1, -0.05) is 44.2 Å². The molecule has 0 bridgehead atoms. The van der Waals surface area contributed by atoms with Crippen LogP contribution in [0.3, 0.4) is 0 Å². The maximum absolute atomic E-state index is 12.4. The lowest BCUT2D eigenvalue weighted by Gasteiger charge is -2.14. The topological polar surface area (TPSA) is 81.9 Å². The summed E-state index contributed by atoms with van der Waals surface area (Å²) < 4.78 is 13.1. The highest BCUT2D eigenvalue weighted by Gasteiger charge is 2.10. The number of hydrogen-bond acceptors (Lipinski definition) is 5. The summed E-state index contributed by atoms with van der Waals surface area (Å²) in [7, 11) is 0. The molecule has 0 spiro atoms. The second kappa shape index (κ2) is 10.2. The van der Waals surface area contributed by atoms with Crippen LogP contribution in [0.1, 0.15) is 36.6 Å². The first kappa shape index (κ1) is 23.0. The van der Waals surface area contributed by atoms with Gasteiger partial charge in [0.15, 0.2) is 6.61 Å². The Morgan fingerprint density at radius 1 is 1.03 bits per heavy atom. The molecule has 0 aliphatic rings. The molecule has 7 nitrogen and oxygen atoms in total. The van der Waals surface area contributed by atoms with Gasteiger partial charge in [0.05, 0.1) is 5.69 Å². The number of benzene rings is 2. The van der Waals surface area contributed by atoms with E-state index < -0.39 is 0 Å². The molecule has 2 aromatic carbocycles. The van der Waals surface area contributed by atoms with Gasteiger partial charge < -0.3 is 14.8 Å². The number of carbonyl (C=O) groups is 1. The molecule has 4 aromatic rings. The zero-order valence-corrected chi connectivity index (χ0v) is 19.4. The first-order chi connectivity index (χ1) is 16.4. The van der Waals surface area contributed by atoms with E-state index in [-0.39, 0.29) is 24.7 Å². The molecular weight excluding hydrogens is 430 g/mol. The maximum Gasteiger partial charge on any atom is 0.262 e. The lowest BCUT2D eigenvalue weighted by atomic mass is 10.0. The molecular formula is C27H27N3O4. The third kappa shape index (κ3) is 5.61. The summed E-state index contributed by atoms with van der Waals surface area (Å²) in [6, 6.07) is 19.9. The fraction of sp³-hybridized carbons (Fsp3) is 0.222. The van der Waals surface area contributed by atoms with Gasteiger partial charge in [-0.25, -0.2) is 4.98 Å². The molecule has 0 radical (unpaired) electrons. The summed E-state index contributed by atoms with van der Waals surface area (Å²) >= 11 is 0. The van der Waals surface area contributed by atoms with Gasteiger partial charge in [0.1, 0.15) is 23.8 Å². The van der Waals surface area contributed by atoms with Crippen LogP contribution >= 0.6 is 0 Å². The van der Waals surface area contributed by atoms with E-state index in [1.165, 1.54) is 10.5 Å². The van der Waals surface area contributed by atoms with E-state index in [1.807, 2.05) is 37.3 Å². The number of amides is 1. The van der Waals surface area contributed by atoms with Crippen LogP contribution < -0.4 is 20.3 Å². The standard InChI is InChI=1S/C27H27N3O4/c1-18(2)23-9-4-5-10-24(23)34-17-26(31)29-20-7-6-8-22(13-20)33-16-21-14-27(32)30-15-19(3)11-12-25(30)28-21/h4-15,18H,16-17H2,1-3H3,(H,29,31). The van der Waals surface area contributed by atoms with Crippen LogP contribution in [0.2, 0.25) is 0 Å². The Balaban J connectivity index is 1.37. The molecule has 1 N–H and O–H groups in total. The molecule has 0 saturated carbocycles. The van der Waals surface area contributed by atoms with Crippen LogP contribution in [0.4, 0.5) is 5.69 Å². The molecule has 0 unspecified atom stereocenters. The number of aromatic nitrogens is 2. The van der Waals surface area contributed by atoms with Crippen molar-refractivity contribution in [3.63, 3.8) is 0 Å². The van der Waals surface area contributed by atoms with Crippen LogP contribution in [0, 0.1) is 6.92 Å². The van der Waals surface area contributed by atoms with Crippen molar-refractivity contribution in [1.82, 2.24) is 9.38 Å². The monoisotopic (exact) mass is 457 g/mol. The quantitative estimate of drug-likeness (QED) is 0.414. The van der Waals surface area contributed by atoms with Crippen LogP contribution in [0.5, 0.6) is 11.5 Å². The second-order valence-corrected chi connectivity index (χ2v) is 8.37. The van der Waals surface area contributed by atoms with E-state index in [0.717, 1.165) is 11.1 Å². The number of para-hydroxylation sites is 1. The minimum Gasteiger partial charge on any atom is -0.487 e. The zero-order valence-electron chi connectivity index (χ0n) is 19.4. The molecule has 2 aromatic heterocycles. The Hall–Kier alpha value is -4.13. The van der Waals surface area contributed by atoms with Gasteiger partial charge in [-0.3, -0.25) is 14.0 Å². The number of ether oxygens (including phenoxy) is 2. The number of fused-ring (bicyclic) bond motifs is 1. The summed E-state index contributed by atoms with van der Waals surface area (Å²) in [6.45, 7) is 6.12. The lowest BCUT2D eigenvalue weighted by Crippen LogP contribution is -2.20. The van der Waals surface area contributed by atoms with Gasteiger partial charge in [-0.15, -0.1) is 0 Å². The van der Waals surface area contributed by atoms with Gasteiger partial charge in [0, 0.05) is 24.0 Å². The Morgan fingerprint density at radius 3 is 2.68 bits per heavy atom. The third-order valence-electron chi connectivity index (χ3n) is 5.26. The van der Waals surface area contributed by atoms with Gasteiger partial charge in [0.25, 0.3) is 11.5 Å². The largest absolute Gasteiger partial charge is 0.487 e. The number of carbonyl (C=O) groups excluding carboxylic acids is 1. The lowest BCUT2D eigenvalue weighted by molar-refractivity contribution is -0.118. The molecule has 4 rings (SSSR count). The average molecular weight is 458 g/mol. The molecule has 0 atom stereocenters. The van der Waals surface area contributed by atoms with Gasteiger partial charge in [-0.05, 0) is 48.2 Å². The predicted octanol–water partition coefficient (Wildman–Crippen LogP) is 4.72. The van der Waals surface area contributed by atoms with E-state index in [4.69, 9.17) is 9.47 Å². The molecule has 174 valence electrons. The maximum atomic E-state index is 12.4. The van der Waals surface area contributed by atoms with E-state index in [9.17, 15) is 9.59 Å². The molecule has 7 heteroatoms. The molecule has 0 aliphatic carbocycles. The third-order valence-corrected chi connectivity index (χ3v) is 5.26. The first-order valence-corrected chi connectivity index (χ1v) is 11.1. The number of nitrogens with zero attached hydrogens (tertiary/aromatic N) is 2. The first-order valence-electron chi connectivity index (χ1n) is 11.1. The van der Waals surface area contributed by atoms with Crippen molar-refractivity contribution in [2.75, 3.05) is 11.9 Å².